The Morgan fingerprint density at radius 1 is 1.10 bits per heavy atom. The number of carbonyl (C=O) groups is 1. The third-order valence-corrected chi connectivity index (χ3v) is 4.50. The Morgan fingerprint density at radius 2 is 1.87 bits per heavy atom. The van der Waals surface area contributed by atoms with Gasteiger partial charge in [0.1, 0.15) is 5.75 Å². The predicted octanol–water partition coefficient (Wildman–Crippen LogP) is 3.33. The number of hydrogen-bond acceptors (Lipinski definition) is 3. The molecule has 162 valence electrons. The highest BCUT2D eigenvalue weighted by Crippen LogP contribution is 2.18. The van der Waals surface area contributed by atoms with Crippen LogP contribution >= 0.6 is 0 Å². The van der Waals surface area contributed by atoms with E-state index in [2.05, 4.69) is 35.5 Å². The molecule has 0 aliphatic heterocycles. The van der Waals surface area contributed by atoms with Crippen LogP contribution < -0.4 is 15.4 Å². The van der Waals surface area contributed by atoms with Gasteiger partial charge < -0.3 is 20.3 Å². The van der Waals surface area contributed by atoms with Gasteiger partial charge in [0.2, 0.25) is 0 Å². The third-order valence-electron chi connectivity index (χ3n) is 4.50. The van der Waals surface area contributed by atoms with Gasteiger partial charge >= 0.3 is 0 Å². The lowest BCUT2D eigenvalue weighted by Gasteiger charge is -2.16. The topological polar surface area (TPSA) is 66.0 Å². The molecule has 1 amide bonds. The van der Waals surface area contributed by atoms with Gasteiger partial charge in [0, 0.05) is 45.4 Å². The molecular weight excluding hydrogens is 376 g/mol. The van der Waals surface area contributed by atoms with Crippen molar-refractivity contribution in [3.8, 4) is 5.75 Å². The molecule has 2 rings (SSSR count). The van der Waals surface area contributed by atoms with E-state index in [1.165, 1.54) is 0 Å². The number of guanidine groups is 1. The first-order valence-electron chi connectivity index (χ1n) is 10.4. The largest absolute Gasteiger partial charge is 0.493 e. The van der Waals surface area contributed by atoms with Gasteiger partial charge in [-0.15, -0.1) is 0 Å². The second-order valence-corrected chi connectivity index (χ2v) is 7.82. The van der Waals surface area contributed by atoms with Crippen LogP contribution in [0.4, 0.5) is 0 Å². The van der Waals surface area contributed by atoms with Crippen LogP contribution in [-0.4, -0.2) is 51.1 Å². The maximum Gasteiger partial charge on any atom is 0.253 e. The molecule has 0 unspecified atom stereocenters. The van der Waals surface area contributed by atoms with Crippen molar-refractivity contribution < 1.29 is 9.53 Å². The molecule has 0 radical (unpaired) electrons. The second kappa shape index (κ2) is 11.9. The molecule has 2 aromatic carbocycles. The van der Waals surface area contributed by atoms with Crippen LogP contribution in [0, 0.1) is 5.92 Å². The van der Waals surface area contributed by atoms with Crippen molar-refractivity contribution in [3.63, 3.8) is 0 Å². The molecule has 0 bridgehead atoms. The number of aliphatic imine (C=N–C) groups is 1. The summed E-state index contributed by atoms with van der Waals surface area (Å²) in [5.74, 6) is 2.12. The number of hydrogen-bond donors (Lipinski definition) is 2. The number of amides is 1. The summed E-state index contributed by atoms with van der Waals surface area (Å²) in [5.41, 5.74) is 2.91. The van der Waals surface area contributed by atoms with Crippen molar-refractivity contribution >= 4 is 11.9 Å². The smallest absolute Gasteiger partial charge is 0.253 e. The fourth-order valence-electron chi connectivity index (χ4n) is 2.89. The highest BCUT2D eigenvalue weighted by molar-refractivity contribution is 5.94. The Balaban J connectivity index is 1.87. The van der Waals surface area contributed by atoms with Gasteiger partial charge in [-0.05, 0) is 36.1 Å². The predicted molar refractivity (Wildman–Crippen MR) is 123 cm³/mol. The molecule has 0 saturated heterocycles. The Kier molecular flexibility index (Phi) is 9.19. The molecule has 2 aromatic rings. The van der Waals surface area contributed by atoms with Crippen LogP contribution in [-0.2, 0) is 13.0 Å². The highest BCUT2D eigenvalue weighted by Gasteiger charge is 2.09. The Labute approximate surface area is 180 Å². The second-order valence-electron chi connectivity index (χ2n) is 7.82. The lowest BCUT2D eigenvalue weighted by molar-refractivity contribution is 0.0827. The van der Waals surface area contributed by atoms with E-state index in [0.29, 0.717) is 31.2 Å². The minimum atomic E-state index is 0.0145. The van der Waals surface area contributed by atoms with Crippen molar-refractivity contribution in [2.75, 3.05) is 34.3 Å². The van der Waals surface area contributed by atoms with E-state index in [1.54, 1.807) is 26.0 Å². The standard InChI is InChI=1S/C24H34N4O2/c1-18(2)17-30-22-12-7-6-10-21(22)16-27-24(25-3)26-14-13-19-9-8-11-20(15-19)23(29)28(4)5/h6-12,15,18H,13-14,16-17H2,1-5H3,(H2,25,26,27). The van der Waals surface area contributed by atoms with Crippen molar-refractivity contribution in [2.45, 2.75) is 26.8 Å². The lowest BCUT2D eigenvalue weighted by atomic mass is 10.1. The first-order chi connectivity index (χ1) is 14.4. The first kappa shape index (κ1) is 23.3. The molecule has 30 heavy (non-hydrogen) atoms. The third kappa shape index (κ3) is 7.43. The quantitative estimate of drug-likeness (QED) is 0.492. The van der Waals surface area contributed by atoms with Crippen molar-refractivity contribution in [2.24, 2.45) is 10.9 Å². The minimum Gasteiger partial charge on any atom is -0.493 e. The van der Waals surface area contributed by atoms with Crippen LogP contribution in [0.2, 0.25) is 0 Å². The van der Waals surface area contributed by atoms with Crippen LogP contribution in [0.1, 0.15) is 35.3 Å². The Hall–Kier alpha value is -3.02. The lowest BCUT2D eigenvalue weighted by Crippen LogP contribution is -2.38. The highest BCUT2D eigenvalue weighted by atomic mass is 16.5. The van der Waals surface area contributed by atoms with Gasteiger partial charge in [-0.2, -0.15) is 0 Å². The van der Waals surface area contributed by atoms with E-state index < -0.39 is 0 Å². The Morgan fingerprint density at radius 3 is 2.57 bits per heavy atom. The molecule has 0 aliphatic carbocycles. The molecule has 0 atom stereocenters. The van der Waals surface area contributed by atoms with E-state index in [1.807, 2.05) is 42.5 Å². The van der Waals surface area contributed by atoms with Crippen LogP contribution in [0.3, 0.4) is 0 Å². The van der Waals surface area contributed by atoms with E-state index in [4.69, 9.17) is 4.74 Å². The van der Waals surface area contributed by atoms with E-state index >= 15 is 0 Å². The van der Waals surface area contributed by atoms with Gasteiger partial charge in [-0.25, -0.2) is 0 Å². The van der Waals surface area contributed by atoms with Gasteiger partial charge in [-0.3, -0.25) is 9.79 Å². The zero-order valence-corrected chi connectivity index (χ0v) is 18.7. The molecule has 6 nitrogen and oxygen atoms in total. The van der Waals surface area contributed by atoms with Crippen LogP contribution in [0.15, 0.2) is 53.5 Å². The fourth-order valence-corrected chi connectivity index (χ4v) is 2.89. The summed E-state index contributed by atoms with van der Waals surface area (Å²) in [6, 6.07) is 15.8. The summed E-state index contributed by atoms with van der Waals surface area (Å²) in [6.07, 6.45) is 0.795. The first-order valence-corrected chi connectivity index (χ1v) is 10.4. The number of nitrogens with zero attached hydrogens (tertiary/aromatic N) is 2. The SMILES string of the molecule is CN=C(NCCc1cccc(C(=O)N(C)C)c1)NCc1ccccc1OCC(C)C. The maximum atomic E-state index is 12.1. The summed E-state index contributed by atoms with van der Waals surface area (Å²) in [7, 11) is 5.28. The monoisotopic (exact) mass is 410 g/mol. The van der Waals surface area contributed by atoms with Crippen molar-refractivity contribution in [3.05, 3.63) is 65.2 Å². The molecular formula is C24H34N4O2. The molecule has 0 heterocycles. The average Bonchev–Trinajstić information content (AvgIpc) is 2.74. The number of rotatable bonds is 9. The number of ether oxygens (including phenoxy) is 1. The summed E-state index contributed by atoms with van der Waals surface area (Å²) in [5, 5.41) is 6.67. The summed E-state index contributed by atoms with van der Waals surface area (Å²) >= 11 is 0. The Bertz CT molecular complexity index is 847. The van der Waals surface area contributed by atoms with Gasteiger partial charge in [-0.1, -0.05) is 44.2 Å². The van der Waals surface area contributed by atoms with E-state index in [0.717, 1.165) is 29.3 Å². The molecule has 0 fully saturated rings. The molecule has 0 saturated carbocycles. The number of benzene rings is 2. The molecule has 0 spiro atoms. The molecule has 0 aliphatic rings. The fraction of sp³-hybridized carbons (Fsp3) is 0.417. The minimum absolute atomic E-state index is 0.0145. The van der Waals surface area contributed by atoms with Gasteiger partial charge in [0.25, 0.3) is 5.91 Å². The number of carbonyl (C=O) groups excluding carboxylic acids is 1. The van der Waals surface area contributed by atoms with Crippen LogP contribution in [0.25, 0.3) is 0 Å². The zero-order valence-electron chi connectivity index (χ0n) is 18.7. The van der Waals surface area contributed by atoms with Gasteiger partial charge in [0.05, 0.1) is 6.61 Å². The van der Waals surface area contributed by atoms with Crippen molar-refractivity contribution in [1.29, 1.82) is 0 Å². The molecule has 2 N–H and O–H groups in total. The van der Waals surface area contributed by atoms with Gasteiger partial charge in [0.15, 0.2) is 5.96 Å². The molecule has 6 heteroatoms. The normalized spacial score (nSPS) is 11.3. The van der Waals surface area contributed by atoms with Crippen LogP contribution in [0.5, 0.6) is 5.75 Å². The summed E-state index contributed by atoms with van der Waals surface area (Å²) in [6.45, 7) is 6.31. The van der Waals surface area contributed by atoms with E-state index in [9.17, 15) is 4.79 Å². The van der Waals surface area contributed by atoms with E-state index in [-0.39, 0.29) is 5.91 Å². The zero-order chi connectivity index (χ0) is 21.9. The van der Waals surface area contributed by atoms with Crippen molar-refractivity contribution in [1.82, 2.24) is 15.5 Å². The number of para-hydroxylation sites is 1. The summed E-state index contributed by atoms with van der Waals surface area (Å²) in [4.78, 5) is 18.0. The number of nitrogens with one attached hydrogen (secondary N) is 2. The molecule has 0 aromatic heterocycles. The maximum absolute atomic E-state index is 12.1. The average molecular weight is 411 g/mol. The summed E-state index contributed by atoms with van der Waals surface area (Å²) < 4.78 is 5.92.